The number of anilines is 2. The van der Waals surface area contributed by atoms with Crippen LogP contribution in [-0.4, -0.2) is 74.1 Å². The first-order valence-corrected chi connectivity index (χ1v) is 19.1. The number of halogens is 2. The Hall–Kier alpha value is -4.22. The van der Waals surface area contributed by atoms with Crippen molar-refractivity contribution in [2.24, 2.45) is 0 Å². The zero-order valence-electron chi connectivity index (χ0n) is 29.5. The number of amides is 2. The van der Waals surface area contributed by atoms with E-state index in [0.29, 0.717) is 22.9 Å². The molecule has 2 fully saturated rings. The zero-order chi connectivity index (χ0) is 35.9. The van der Waals surface area contributed by atoms with Crippen molar-refractivity contribution in [2.75, 3.05) is 50.1 Å². The standard InChI is InChI=1S/C40H44Cl2N8O2/c1-49-19-17-31(43-21-23-9-15-35(51)45-23)29-11-13-33(47-39(29)49)27-7-3-5-25(37(27)41)26-6-4-8-28(38(26)42)34-14-12-30-32(18-20-50(2)40(30)48-34)44-22-24-10-16-36(52)46-24/h3-8,11-14,23-24,31-32,43-44H,9-10,15-22H2,1-2H3,(H,45,51)(H,46,52)/t23-,24-,31-,32+/m0/s1. The van der Waals surface area contributed by atoms with Gasteiger partial charge in [-0.1, -0.05) is 71.7 Å². The summed E-state index contributed by atoms with van der Waals surface area (Å²) in [7, 11) is 4.15. The molecule has 4 N–H and O–H groups in total. The molecule has 0 spiro atoms. The summed E-state index contributed by atoms with van der Waals surface area (Å²) in [5.74, 6) is 2.13. The number of nitrogens with zero attached hydrogens (tertiary/aromatic N) is 4. The number of fused-ring (bicyclic) bond motifs is 2. The molecule has 2 aromatic heterocycles. The maximum Gasteiger partial charge on any atom is 0.220 e. The van der Waals surface area contributed by atoms with Crippen LogP contribution in [-0.2, 0) is 9.59 Å². The van der Waals surface area contributed by atoms with Gasteiger partial charge >= 0.3 is 0 Å². The van der Waals surface area contributed by atoms with Crippen molar-refractivity contribution in [3.8, 4) is 33.6 Å². The SMILES string of the molecule is CN1CC[C@H](NC[C@@H]2CCC(=O)N2)c2ccc(-c3cccc(-c4cccc(-c5ccc6c(n5)N(C)CC[C@H]6NC[C@@H]5CCC(=O)N5)c4Cl)c3Cl)nc21. The Labute approximate surface area is 314 Å². The minimum atomic E-state index is 0.132. The summed E-state index contributed by atoms with van der Waals surface area (Å²) >= 11 is 14.5. The van der Waals surface area contributed by atoms with Gasteiger partial charge in [0, 0.05) is 111 Å². The highest BCUT2D eigenvalue weighted by Gasteiger charge is 2.30. The van der Waals surface area contributed by atoms with Crippen molar-refractivity contribution in [2.45, 2.75) is 62.7 Å². The largest absolute Gasteiger partial charge is 0.359 e. The van der Waals surface area contributed by atoms with Gasteiger partial charge in [-0.25, -0.2) is 9.97 Å². The maximum absolute atomic E-state index is 11.7. The number of benzene rings is 2. The number of rotatable bonds is 9. The highest BCUT2D eigenvalue weighted by molar-refractivity contribution is 6.39. The average molecular weight is 740 g/mol. The number of carbonyl (C=O) groups excluding carboxylic acids is 2. The molecule has 8 rings (SSSR count). The van der Waals surface area contributed by atoms with Crippen molar-refractivity contribution in [1.82, 2.24) is 31.2 Å². The van der Waals surface area contributed by atoms with Crippen LogP contribution >= 0.6 is 23.2 Å². The molecule has 2 aromatic carbocycles. The van der Waals surface area contributed by atoms with Crippen molar-refractivity contribution < 1.29 is 9.59 Å². The van der Waals surface area contributed by atoms with Crippen LogP contribution in [0.1, 0.15) is 61.7 Å². The third-order valence-electron chi connectivity index (χ3n) is 11.0. The van der Waals surface area contributed by atoms with E-state index in [9.17, 15) is 9.59 Å². The molecule has 6 heterocycles. The van der Waals surface area contributed by atoms with Crippen molar-refractivity contribution in [1.29, 1.82) is 0 Å². The van der Waals surface area contributed by atoms with Crippen molar-refractivity contribution in [3.05, 3.63) is 81.8 Å². The Morgan fingerprint density at radius 3 is 1.46 bits per heavy atom. The molecule has 270 valence electrons. The van der Waals surface area contributed by atoms with Crippen LogP contribution < -0.4 is 31.1 Å². The summed E-state index contributed by atoms with van der Waals surface area (Å²) < 4.78 is 0. The number of nitrogens with one attached hydrogen (secondary N) is 4. The van der Waals surface area contributed by atoms with E-state index in [2.05, 4.69) is 57.3 Å². The number of hydrogen-bond donors (Lipinski definition) is 4. The quantitative estimate of drug-likeness (QED) is 0.159. The predicted octanol–water partition coefficient (Wildman–Crippen LogP) is 6.28. The highest BCUT2D eigenvalue weighted by Crippen LogP contribution is 2.44. The average Bonchev–Trinajstić information content (AvgIpc) is 3.78. The van der Waals surface area contributed by atoms with E-state index < -0.39 is 0 Å². The molecule has 4 aromatic rings. The Bertz CT molecular complexity index is 1880. The summed E-state index contributed by atoms with van der Waals surface area (Å²) in [5, 5.41) is 14.7. The van der Waals surface area contributed by atoms with Crippen LogP contribution in [0.2, 0.25) is 10.0 Å². The summed E-state index contributed by atoms with van der Waals surface area (Å²) in [6.45, 7) is 3.23. The van der Waals surface area contributed by atoms with Gasteiger partial charge in [-0.05, 0) is 37.8 Å². The van der Waals surface area contributed by atoms with Crippen LogP contribution in [0, 0.1) is 0 Å². The number of carbonyl (C=O) groups is 2. The summed E-state index contributed by atoms with van der Waals surface area (Å²) in [4.78, 5) is 38.1. The van der Waals surface area contributed by atoms with Crippen LogP contribution in [0.15, 0.2) is 60.7 Å². The Morgan fingerprint density at radius 1 is 0.635 bits per heavy atom. The third-order valence-corrected chi connectivity index (χ3v) is 11.8. The molecular formula is C40H44Cl2N8O2. The smallest absolute Gasteiger partial charge is 0.220 e. The third kappa shape index (κ3) is 6.85. The van der Waals surface area contributed by atoms with E-state index in [1.54, 1.807) is 0 Å². The van der Waals surface area contributed by atoms with E-state index >= 15 is 0 Å². The van der Waals surface area contributed by atoms with E-state index in [0.717, 1.165) is 108 Å². The van der Waals surface area contributed by atoms with Crippen LogP contribution in [0.25, 0.3) is 33.6 Å². The molecule has 4 aliphatic heterocycles. The Morgan fingerprint density at radius 2 is 1.06 bits per heavy atom. The molecule has 0 unspecified atom stereocenters. The normalized spacial score (nSPS) is 22.6. The lowest BCUT2D eigenvalue weighted by Crippen LogP contribution is -2.40. The second kappa shape index (κ2) is 14.7. The van der Waals surface area contributed by atoms with Gasteiger partial charge in [0.1, 0.15) is 11.6 Å². The van der Waals surface area contributed by atoms with E-state index in [-0.39, 0.29) is 36.0 Å². The minimum absolute atomic E-state index is 0.132. The van der Waals surface area contributed by atoms with Crippen LogP contribution in [0.3, 0.4) is 0 Å². The molecule has 4 atom stereocenters. The van der Waals surface area contributed by atoms with E-state index in [1.807, 2.05) is 48.5 Å². The topological polar surface area (TPSA) is 115 Å². The molecule has 2 saturated heterocycles. The fraction of sp³-hybridized carbons (Fsp3) is 0.400. The highest BCUT2D eigenvalue weighted by atomic mass is 35.5. The monoisotopic (exact) mass is 738 g/mol. The van der Waals surface area contributed by atoms with Gasteiger partial charge in [0.25, 0.3) is 0 Å². The summed E-state index contributed by atoms with van der Waals surface area (Å²) in [6.07, 6.45) is 4.86. The number of hydrogen-bond acceptors (Lipinski definition) is 8. The van der Waals surface area contributed by atoms with Crippen molar-refractivity contribution in [3.63, 3.8) is 0 Å². The van der Waals surface area contributed by atoms with E-state index in [1.165, 1.54) is 0 Å². The van der Waals surface area contributed by atoms with Gasteiger partial charge < -0.3 is 31.1 Å². The zero-order valence-corrected chi connectivity index (χ0v) is 31.0. The predicted molar refractivity (Wildman–Crippen MR) is 208 cm³/mol. The lowest BCUT2D eigenvalue weighted by Gasteiger charge is -2.33. The first-order chi connectivity index (χ1) is 25.2. The first kappa shape index (κ1) is 34.8. The lowest BCUT2D eigenvalue weighted by molar-refractivity contribution is -0.120. The van der Waals surface area contributed by atoms with Crippen molar-refractivity contribution >= 4 is 46.7 Å². The summed E-state index contributed by atoms with van der Waals surface area (Å²) in [5.41, 5.74) is 7.23. The molecule has 0 bridgehead atoms. The Kier molecular flexibility index (Phi) is 9.82. The Balaban J connectivity index is 1.05. The molecule has 0 aliphatic carbocycles. The molecule has 52 heavy (non-hydrogen) atoms. The summed E-state index contributed by atoms with van der Waals surface area (Å²) in [6, 6.07) is 21.1. The number of aromatic nitrogens is 2. The molecule has 12 heteroatoms. The second-order valence-electron chi connectivity index (χ2n) is 14.5. The molecule has 10 nitrogen and oxygen atoms in total. The van der Waals surface area contributed by atoms with Crippen LogP contribution in [0.5, 0.6) is 0 Å². The fourth-order valence-electron chi connectivity index (χ4n) is 8.07. The van der Waals surface area contributed by atoms with Gasteiger partial charge in [-0.3, -0.25) is 9.59 Å². The van der Waals surface area contributed by atoms with E-state index in [4.69, 9.17) is 33.2 Å². The van der Waals surface area contributed by atoms with Gasteiger partial charge in [0.05, 0.1) is 21.4 Å². The van der Waals surface area contributed by atoms with Crippen LogP contribution in [0.4, 0.5) is 11.6 Å². The molecular weight excluding hydrogens is 695 g/mol. The molecule has 0 radical (unpaired) electrons. The fourth-order valence-corrected chi connectivity index (χ4v) is 8.72. The molecule has 2 amide bonds. The van der Waals surface area contributed by atoms with Gasteiger partial charge in [-0.2, -0.15) is 0 Å². The van der Waals surface area contributed by atoms with Gasteiger partial charge in [0.2, 0.25) is 11.8 Å². The van der Waals surface area contributed by atoms with Gasteiger partial charge in [0.15, 0.2) is 0 Å². The maximum atomic E-state index is 11.7. The number of pyridine rings is 2. The van der Waals surface area contributed by atoms with Gasteiger partial charge in [-0.15, -0.1) is 0 Å². The molecule has 4 aliphatic rings. The first-order valence-electron chi connectivity index (χ1n) is 18.3. The lowest BCUT2D eigenvalue weighted by atomic mass is 9.95. The second-order valence-corrected chi connectivity index (χ2v) is 15.3. The molecule has 0 saturated carbocycles. The minimum Gasteiger partial charge on any atom is -0.359 e.